The van der Waals surface area contributed by atoms with E-state index >= 15 is 0 Å². The van der Waals surface area contributed by atoms with Crippen molar-refractivity contribution >= 4 is 0 Å². The van der Waals surface area contributed by atoms with E-state index in [2.05, 4.69) is 20.8 Å². The van der Waals surface area contributed by atoms with Crippen LogP contribution in [0.25, 0.3) is 0 Å². The molecule has 0 aromatic carbocycles. The van der Waals surface area contributed by atoms with Gasteiger partial charge in [-0.2, -0.15) is 0 Å². The monoisotopic (exact) mass is 182 g/mol. The van der Waals surface area contributed by atoms with E-state index in [4.69, 9.17) is 0 Å². The first-order valence-electron chi connectivity index (χ1n) is 5.43. The van der Waals surface area contributed by atoms with Crippen LogP contribution in [0.3, 0.4) is 0 Å². The predicted molar refractivity (Wildman–Crippen MR) is 56.6 cm³/mol. The van der Waals surface area contributed by atoms with Gasteiger partial charge in [-0.05, 0) is 44.1 Å². The zero-order valence-corrected chi connectivity index (χ0v) is 9.30. The van der Waals surface area contributed by atoms with Crippen molar-refractivity contribution in [3.05, 3.63) is 11.1 Å². The fourth-order valence-corrected chi connectivity index (χ4v) is 2.76. The molecule has 0 spiro atoms. The molecule has 2 unspecified atom stereocenters. The van der Waals surface area contributed by atoms with Crippen molar-refractivity contribution in [3.8, 4) is 0 Å². The maximum atomic E-state index is 9.62. The van der Waals surface area contributed by atoms with Gasteiger partial charge < -0.3 is 5.11 Å². The molecule has 1 rings (SSSR count). The van der Waals surface area contributed by atoms with Crippen molar-refractivity contribution < 1.29 is 5.11 Å². The van der Waals surface area contributed by atoms with Gasteiger partial charge in [-0.25, -0.2) is 0 Å². The summed E-state index contributed by atoms with van der Waals surface area (Å²) in [4.78, 5) is 0. The van der Waals surface area contributed by atoms with Gasteiger partial charge in [0.15, 0.2) is 0 Å². The summed E-state index contributed by atoms with van der Waals surface area (Å²) in [6, 6.07) is 0. The number of hydrogen-bond donors (Lipinski definition) is 1. The lowest BCUT2D eigenvalue weighted by Crippen LogP contribution is -2.22. The zero-order valence-electron chi connectivity index (χ0n) is 9.30. The molecule has 76 valence electrons. The molecule has 0 aromatic rings. The highest BCUT2D eigenvalue weighted by Crippen LogP contribution is 2.36. The lowest BCUT2D eigenvalue weighted by molar-refractivity contribution is 0.202. The highest BCUT2D eigenvalue weighted by molar-refractivity contribution is 5.21. The maximum absolute atomic E-state index is 9.62. The fourth-order valence-electron chi connectivity index (χ4n) is 2.76. The number of rotatable bonds is 2. The Morgan fingerprint density at radius 1 is 1.54 bits per heavy atom. The summed E-state index contributed by atoms with van der Waals surface area (Å²) in [6.07, 6.45) is 3.48. The molecule has 0 heterocycles. The van der Waals surface area contributed by atoms with Crippen molar-refractivity contribution in [2.24, 2.45) is 11.8 Å². The van der Waals surface area contributed by atoms with Crippen LogP contribution in [0.1, 0.15) is 47.0 Å². The molecule has 0 fully saturated rings. The second-order valence-electron chi connectivity index (χ2n) is 4.53. The van der Waals surface area contributed by atoms with E-state index in [0.29, 0.717) is 5.92 Å². The second kappa shape index (κ2) is 4.28. The number of allylic oxidation sites excluding steroid dienone is 1. The largest absolute Gasteiger partial charge is 0.389 e. The van der Waals surface area contributed by atoms with Crippen LogP contribution < -0.4 is 0 Å². The Bertz CT molecular complexity index is 203. The average Bonchev–Trinajstić information content (AvgIpc) is 2.02. The van der Waals surface area contributed by atoms with Gasteiger partial charge in [0.25, 0.3) is 0 Å². The zero-order chi connectivity index (χ0) is 10.0. The average molecular weight is 182 g/mol. The van der Waals surface area contributed by atoms with Crippen LogP contribution in [-0.2, 0) is 0 Å². The summed E-state index contributed by atoms with van der Waals surface area (Å²) < 4.78 is 0. The summed E-state index contributed by atoms with van der Waals surface area (Å²) in [7, 11) is 0. The molecule has 1 heteroatoms. The van der Waals surface area contributed by atoms with E-state index in [1.165, 1.54) is 30.4 Å². The van der Waals surface area contributed by atoms with E-state index in [1.54, 1.807) is 0 Å². The lowest BCUT2D eigenvalue weighted by atomic mass is 9.75. The summed E-state index contributed by atoms with van der Waals surface area (Å²) in [5.74, 6) is 1.43. The van der Waals surface area contributed by atoms with Crippen LogP contribution in [0.15, 0.2) is 11.1 Å². The van der Waals surface area contributed by atoms with E-state index < -0.39 is 0 Å². The van der Waals surface area contributed by atoms with Crippen molar-refractivity contribution in [2.75, 3.05) is 0 Å². The summed E-state index contributed by atoms with van der Waals surface area (Å²) in [5, 5.41) is 9.62. The standard InChI is InChI=1S/C12H22O/c1-5-11-6-8(2)12(10(4)13)9(3)7-11/h8,10-11,13H,5-7H2,1-4H3/t8?,10?,11-/m1/s1. The predicted octanol–water partition coefficient (Wildman–Crippen LogP) is 3.14. The molecule has 1 nitrogen and oxygen atoms in total. The Kier molecular flexibility index (Phi) is 3.55. The Morgan fingerprint density at radius 2 is 2.15 bits per heavy atom. The lowest BCUT2D eigenvalue weighted by Gasteiger charge is -2.31. The van der Waals surface area contributed by atoms with Crippen LogP contribution in [0.5, 0.6) is 0 Å². The van der Waals surface area contributed by atoms with Crippen LogP contribution in [0.2, 0.25) is 0 Å². The van der Waals surface area contributed by atoms with E-state index in [9.17, 15) is 5.11 Å². The molecule has 0 aliphatic heterocycles. The minimum Gasteiger partial charge on any atom is -0.389 e. The van der Waals surface area contributed by atoms with Crippen molar-refractivity contribution in [1.82, 2.24) is 0 Å². The minimum absolute atomic E-state index is 0.243. The van der Waals surface area contributed by atoms with Crippen molar-refractivity contribution in [2.45, 2.75) is 53.1 Å². The van der Waals surface area contributed by atoms with Gasteiger partial charge in [-0.1, -0.05) is 25.8 Å². The number of hydrogen-bond acceptors (Lipinski definition) is 1. The molecule has 0 bridgehead atoms. The molecule has 3 atom stereocenters. The van der Waals surface area contributed by atoms with Crippen LogP contribution in [0.4, 0.5) is 0 Å². The molecule has 0 saturated carbocycles. The highest BCUT2D eigenvalue weighted by Gasteiger charge is 2.25. The molecule has 0 amide bonds. The minimum atomic E-state index is -0.243. The van der Waals surface area contributed by atoms with Gasteiger partial charge in [-0.15, -0.1) is 0 Å². The third-order valence-corrected chi connectivity index (χ3v) is 3.33. The Morgan fingerprint density at radius 3 is 2.54 bits per heavy atom. The maximum Gasteiger partial charge on any atom is 0.0727 e. The molecule has 0 aromatic heterocycles. The third-order valence-electron chi connectivity index (χ3n) is 3.33. The summed E-state index contributed by atoms with van der Waals surface area (Å²) in [5.41, 5.74) is 2.73. The molecule has 1 N–H and O–H groups in total. The Balaban J connectivity index is 2.81. The van der Waals surface area contributed by atoms with Gasteiger partial charge in [0.05, 0.1) is 6.10 Å². The first-order chi connectivity index (χ1) is 6.06. The van der Waals surface area contributed by atoms with Crippen molar-refractivity contribution in [1.29, 1.82) is 0 Å². The van der Waals surface area contributed by atoms with E-state index in [1.807, 2.05) is 6.92 Å². The quantitative estimate of drug-likeness (QED) is 0.650. The smallest absolute Gasteiger partial charge is 0.0727 e. The first-order valence-corrected chi connectivity index (χ1v) is 5.43. The Labute approximate surface area is 81.9 Å². The molecule has 0 saturated heterocycles. The molecular formula is C12H22O. The number of aliphatic hydroxyl groups is 1. The normalized spacial score (nSPS) is 32.1. The van der Waals surface area contributed by atoms with Gasteiger partial charge in [0.1, 0.15) is 0 Å². The van der Waals surface area contributed by atoms with Crippen LogP contribution in [-0.4, -0.2) is 11.2 Å². The van der Waals surface area contributed by atoms with Gasteiger partial charge in [-0.3, -0.25) is 0 Å². The molecular weight excluding hydrogens is 160 g/mol. The molecule has 1 aliphatic carbocycles. The second-order valence-corrected chi connectivity index (χ2v) is 4.53. The Hall–Kier alpha value is -0.300. The van der Waals surface area contributed by atoms with Crippen LogP contribution >= 0.6 is 0 Å². The van der Waals surface area contributed by atoms with Crippen LogP contribution in [0, 0.1) is 11.8 Å². The number of aliphatic hydroxyl groups excluding tert-OH is 1. The fraction of sp³-hybridized carbons (Fsp3) is 0.833. The van der Waals surface area contributed by atoms with E-state index in [0.717, 1.165) is 5.92 Å². The topological polar surface area (TPSA) is 20.2 Å². The van der Waals surface area contributed by atoms with Crippen molar-refractivity contribution in [3.63, 3.8) is 0 Å². The molecule has 0 radical (unpaired) electrons. The highest BCUT2D eigenvalue weighted by atomic mass is 16.3. The summed E-state index contributed by atoms with van der Waals surface area (Å²) >= 11 is 0. The summed E-state index contributed by atoms with van der Waals surface area (Å²) in [6.45, 7) is 8.58. The van der Waals surface area contributed by atoms with Gasteiger partial charge in [0.2, 0.25) is 0 Å². The first kappa shape index (κ1) is 10.8. The third kappa shape index (κ3) is 2.34. The van der Waals surface area contributed by atoms with Gasteiger partial charge in [0, 0.05) is 0 Å². The molecule has 13 heavy (non-hydrogen) atoms. The van der Waals surface area contributed by atoms with E-state index in [-0.39, 0.29) is 6.10 Å². The molecule has 1 aliphatic rings. The SMILES string of the molecule is CC[C@H]1CC(C)=C(C(C)O)C(C)C1. The van der Waals surface area contributed by atoms with Gasteiger partial charge >= 0.3 is 0 Å².